The summed E-state index contributed by atoms with van der Waals surface area (Å²) in [5, 5.41) is 0. The molecule has 0 atom stereocenters. The summed E-state index contributed by atoms with van der Waals surface area (Å²) in [6, 6.07) is 0. The smallest absolute Gasteiger partial charge is 0.234 e. The summed E-state index contributed by atoms with van der Waals surface area (Å²) >= 11 is 0. The summed E-state index contributed by atoms with van der Waals surface area (Å²) in [5.41, 5.74) is 2.39. The molecule has 0 aliphatic heterocycles. The molecule has 1 aromatic heterocycles. The van der Waals surface area contributed by atoms with Crippen molar-refractivity contribution in [3.05, 3.63) is 24.5 Å². The highest BCUT2D eigenvalue weighted by Gasteiger charge is 1.95. The first-order chi connectivity index (χ1) is 6.36. The molecule has 13 heavy (non-hydrogen) atoms. The zero-order valence-corrected chi connectivity index (χ0v) is 7.40. The number of allylic oxidation sites excluding steroid dienone is 1. The molecule has 0 amide bonds. The van der Waals surface area contributed by atoms with E-state index in [-0.39, 0.29) is 0 Å². The Morgan fingerprint density at radius 2 is 2.46 bits per heavy atom. The van der Waals surface area contributed by atoms with Crippen LogP contribution in [-0.2, 0) is 0 Å². The number of hydrogen-bond acceptors (Lipinski definition) is 5. The van der Waals surface area contributed by atoms with Gasteiger partial charge in [-0.3, -0.25) is 4.98 Å². The van der Waals surface area contributed by atoms with Crippen LogP contribution in [0.4, 0.5) is 5.82 Å². The van der Waals surface area contributed by atoms with E-state index in [1.807, 2.05) is 19.1 Å². The topological polar surface area (TPSA) is 73.1 Å². The van der Waals surface area contributed by atoms with Crippen molar-refractivity contribution in [1.29, 1.82) is 0 Å². The zero-order chi connectivity index (χ0) is 9.52. The molecule has 0 bridgehead atoms. The minimum Gasteiger partial charge on any atom is -0.472 e. The van der Waals surface area contributed by atoms with Gasteiger partial charge in [0.2, 0.25) is 5.88 Å². The molecule has 0 radical (unpaired) electrons. The van der Waals surface area contributed by atoms with E-state index in [0.717, 1.165) is 0 Å². The van der Waals surface area contributed by atoms with Crippen molar-refractivity contribution in [3.63, 3.8) is 0 Å². The highest BCUT2D eigenvalue weighted by Crippen LogP contribution is 2.07. The number of anilines is 1. The predicted molar refractivity (Wildman–Crippen MR) is 50.2 cm³/mol. The van der Waals surface area contributed by atoms with Gasteiger partial charge in [-0.05, 0) is 6.92 Å². The molecule has 1 heterocycles. The second-order valence-corrected chi connectivity index (χ2v) is 2.27. The van der Waals surface area contributed by atoms with Gasteiger partial charge in [-0.15, -0.1) is 0 Å². The second kappa shape index (κ2) is 5.10. The Morgan fingerprint density at radius 3 is 3.15 bits per heavy atom. The molecule has 70 valence electrons. The Balaban J connectivity index is 2.56. The summed E-state index contributed by atoms with van der Waals surface area (Å²) in [6.07, 6.45) is 6.83. The molecule has 0 saturated heterocycles. The molecule has 5 nitrogen and oxygen atoms in total. The third kappa shape index (κ3) is 3.08. The third-order valence-corrected chi connectivity index (χ3v) is 1.32. The van der Waals surface area contributed by atoms with Crippen LogP contribution in [0.3, 0.4) is 0 Å². The number of rotatable bonds is 4. The predicted octanol–water partition coefficient (Wildman–Crippen LogP) is 0.717. The number of nitrogen functional groups attached to an aromatic ring is 1. The average Bonchev–Trinajstić information content (AvgIpc) is 2.19. The van der Waals surface area contributed by atoms with Gasteiger partial charge in [0.25, 0.3) is 0 Å². The van der Waals surface area contributed by atoms with Crippen LogP contribution < -0.4 is 16.0 Å². The second-order valence-electron chi connectivity index (χ2n) is 2.27. The largest absolute Gasteiger partial charge is 0.472 e. The fraction of sp³-hybridized carbons (Fsp3) is 0.250. The molecule has 0 fully saturated rings. The molecular weight excluding hydrogens is 168 g/mol. The number of aromatic nitrogens is 2. The van der Waals surface area contributed by atoms with Crippen LogP contribution in [0.5, 0.6) is 5.88 Å². The molecule has 1 rings (SSSR count). The van der Waals surface area contributed by atoms with Crippen molar-refractivity contribution in [2.45, 2.75) is 6.92 Å². The molecule has 0 unspecified atom stereocenters. The molecule has 0 aromatic carbocycles. The lowest BCUT2D eigenvalue weighted by Crippen LogP contribution is -2.09. The Bertz CT molecular complexity index is 287. The number of nitrogens with one attached hydrogen (secondary N) is 1. The van der Waals surface area contributed by atoms with Crippen molar-refractivity contribution >= 4 is 5.82 Å². The van der Waals surface area contributed by atoms with E-state index in [4.69, 9.17) is 10.6 Å². The monoisotopic (exact) mass is 180 g/mol. The third-order valence-electron chi connectivity index (χ3n) is 1.32. The van der Waals surface area contributed by atoms with E-state index in [2.05, 4.69) is 15.4 Å². The van der Waals surface area contributed by atoms with Crippen molar-refractivity contribution < 1.29 is 4.74 Å². The van der Waals surface area contributed by atoms with Gasteiger partial charge >= 0.3 is 0 Å². The maximum absolute atomic E-state index is 5.23. The Kier molecular flexibility index (Phi) is 3.72. The quantitative estimate of drug-likeness (QED) is 0.405. The highest BCUT2D eigenvalue weighted by atomic mass is 16.5. The fourth-order valence-corrected chi connectivity index (χ4v) is 0.717. The lowest BCUT2D eigenvalue weighted by atomic mass is 10.5. The van der Waals surface area contributed by atoms with E-state index < -0.39 is 0 Å². The van der Waals surface area contributed by atoms with Gasteiger partial charge < -0.3 is 10.2 Å². The first-order valence-corrected chi connectivity index (χ1v) is 3.89. The van der Waals surface area contributed by atoms with Gasteiger partial charge in [0.15, 0.2) is 5.82 Å². The summed E-state index contributed by atoms with van der Waals surface area (Å²) in [5.74, 6) is 6.09. The van der Waals surface area contributed by atoms with Gasteiger partial charge in [0.1, 0.15) is 6.61 Å². The SMILES string of the molecule is C/C=C/COc1cncc(NN)n1. The molecule has 0 saturated carbocycles. The van der Waals surface area contributed by atoms with Gasteiger partial charge in [-0.1, -0.05) is 12.2 Å². The average molecular weight is 180 g/mol. The van der Waals surface area contributed by atoms with Crippen LogP contribution in [0.25, 0.3) is 0 Å². The first-order valence-electron chi connectivity index (χ1n) is 3.89. The number of ether oxygens (including phenoxy) is 1. The minimum absolute atomic E-state index is 0.452. The Labute approximate surface area is 76.6 Å². The van der Waals surface area contributed by atoms with Gasteiger partial charge in [-0.25, -0.2) is 5.84 Å². The van der Waals surface area contributed by atoms with E-state index in [1.54, 1.807) is 0 Å². The fourth-order valence-electron chi connectivity index (χ4n) is 0.717. The van der Waals surface area contributed by atoms with Gasteiger partial charge in [-0.2, -0.15) is 4.98 Å². The van der Waals surface area contributed by atoms with Crippen LogP contribution in [0, 0.1) is 0 Å². The normalized spacial score (nSPS) is 10.3. The Hall–Kier alpha value is -1.62. The van der Waals surface area contributed by atoms with Crippen molar-refractivity contribution in [3.8, 4) is 5.88 Å². The van der Waals surface area contributed by atoms with Crippen molar-refractivity contribution in [2.75, 3.05) is 12.0 Å². The molecule has 1 aromatic rings. The summed E-state index contributed by atoms with van der Waals surface area (Å²) < 4.78 is 5.23. The summed E-state index contributed by atoms with van der Waals surface area (Å²) in [6.45, 7) is 2.41. The summed E-state index contributed by atoms with van der Waals surface area (Å²) in [4.78, 5) is 7.89. The number of nitrogens with zero attached hydrogens (tertiary/aromatic N) is 2. The zero-order valence-electron chi connectivity index (χ0n) is 7.40. The van der Waals surface area contributed by atoms with E-state index >= 15 is 0 Å². The lowest BCUT2D eigenvalue weighted by molar-refractivity contribution is 0.347. The first kappa shape index (κ1) is 9.47. The van der Waals surface area contributed by atoms with Gasteiger partial charge in [0.05, 0.1) is 12.4 Å². The van der Waals surface area contributed by atoms with E-state index in [0.29, 0.717) is 18.3 Å². The van der Waals surface area contributed by atoms with Crippen molar-refractivity contribution in [1.82, 2.24) is 9.97 Å². The van der Waals surface area contributed by atoms with Crippen LogP contribution in [0.1, 0.15) is 6.92 Å². The van der Waals surface area contributed by atoms with Crippen LogP contribution in [0.15, 0.2) is 24.5 Å². The highest BCUT2D eigenvalue weighted by molar-refractivity contribution is 5.31. The molecule has 3 N–H and O–H groups in total. The van der Waals surface area contributed by atoms with Crippen molar-refractivity contribution in [2.24, 2.45) is 5.84 Å². The molecule has 0 aliphatic rings. The lowest BCUT2D eigenvalue weighted by Gasteiger charge is -2.02. The standard InChI is InChI=1S/C8H12N4O/c1-2-3-4-13-8-6-10-5-7(11-8)12-9/h2-3,5-6H,4,9H2,1H3,(H,11,12)/b3-2+. The summed E-state index contributed by atoms with van der Waals surface area (Å²) in [7, 11) is 0. The number of hydrogen-bond donors (Lipinski definition) is 2. The molecular formula is C8H12N4O. The molecule has 0 aliphatic carbocycles. The number of hydrazine groups is 1. The van der Waals surface area contributed by atoms with Gasteiger partial charge in [0, 0.05) is 0 Å². The minimum atomic E-state index is 0.452. The van der Waals surface area contributed by atoms with E-state index in [1.165, 1.54) is 12.4 Å². The van der Waals surface area contributed by atoms with E-state index in [9.17, 15) is 0 Å². The number of nitrogens with two attached hydrogens (primary N) is 1. The van der Waals surface area contributed by atoms with Crippen LogP contribution in [-0.4, -0.2) is 16.6 Å². The maximum atomic E-state index is 5.23. The maximum Gasteiger partial charge on any atom is 0.234 e. The molecule has 0 spiro atoms. The van der Waals surface area contributed by atoms with Crippen LogP contribution in [0.2, 0.25) is 0 Å². The molecule has 5 heteroatoms. The van der Waals surface area contributed by atoms with Crippen LogP contribution >= 0.6 is 0 Å². The Morgan fingerprint density at radius 1 is 1.62 bits per heavy atom.